The van der Waals surface area contributed by atoms with Crippen LogP contribution in [0.15, 0.2) is 42.5 Å². The Balaban J connectivity index is 1.25. The minimum absolute atomic E-state index is 0.255. The van der Waals surface area contributed by atoms with Gasteiger partial charge in [0, 0.05) is 31.2 Å². The summed E-state index contributed by atoms with van der Waals surface area (Å²) < 4.78 is 39.8. The lowest BCUT2D eigenvalue weighted by Crippen LogP contribution is -2.34. The van der Waals surface area contributed by atoms with E-state index in [9.17, 15) is 18.0 Å². The molecule has 1 amide bonds. The highest BCUT2D eigenvalue weighted by Crippen LogP contribution is 2.35. The van der Waals surface area contributed by atoms with Crippen molar-refractivity contribution in [1.29, 1.82) is 0 Å². The number of hydrogen-bond acceptors (Lipinski definition) is 2. The van der Waals surface area contributed by atoms with E-state index < -0.39 is 17.6 Å². The Morgan fingerprint density at radius 1 is 1.09 bits per heavy atom. The highest BCUT2D eigenvalue weighted by Gasteiger charge is 2.43. The Morgan fingerprint density at radius 3 is 2.44 bits per heavy atom. The van der Waals surface area contributed by atoms with Crippen molar-refractivity contribution < 1.29 is 18.0 Å². The predicted molar refractivity (Wildman–Crippen MR) is 119 cm³/mol. The van der Waals surface area contributed by atoms with E-state index in [0.717, 1.165) is 48.4 Å². The first kappa shape index (κ1) is 22.9. The van der Waals surface area contributed by atoms with Gasteiger partial charge in [-0.3, -0.25) is 4.79 Å². The lowest BCUT2D eigenvalue weighted by atomic mass is 10.0. The second-order valence-electron chi connectivity index (χ2n) is 8.70. The van der Waals surface area contributed by atoms with E-state index in [1.807, 2.05) is 25.1 Å². The molecule has 2 saturated heterocycles. The largest absolute Gasteiger partial charge is 0.684 e. The number of fused-ring (bicyclic) bond motifs is 1. The third-order valence-corrected chi connectivity index (χ3v) is 6.80. The maximum absolute atomic E-state index is 13.3. The van der Waals surface area contributed by atoms with E-state index in [0.29, 0.717) is 31.5 Å². The minimum atomic E-state index is -4.53. The number of aryl methyl sites for hydroxylation is 1. The van der Waals surface area contributed by atoms with Crippen LogP contribution in [-0.4, -0.2) is 55.0 Å². The van der Waals surface area contributed by atoms with Gasteiger partial charge in [0.15, 0.2) is 0 Å². The van der Waals surface area contributed by atoms with Gasteiger partial charge >= 0.3 is 6.18 Å². The van der Waals surface area contributed by atoms with E-state index in [2.05, 4.69) is 10.2 Å². The van der Waals surface area contributed by atoms with Crippen LogP contribution in [0.2, 0.25) is 5.02 Å². The van der Waals surface area contributed by atoms with Crippen LogP contribution in [0.5, 0.6) is 0 Å². The number of hydrogen-bond donors (Lipinski definition) is 0. The summed E-state index contributed by atoms with van der Waals surface area (Å²) in [7, 11) is 0. The Hall–Kier alpha value is -2.25. The molecule has 32 heavy (non-hydrogen) atoms. The molecule has 4 nitrogen and oxygen atoms in total. The number of carbonyl (C=O) groups is 1. The van der Waals surface area contributed by atoms with Crippen LogP contribution in [0.3, 0.4) is 0 Å². The Bertz CT molecular complexity index is 967. The summed E-state index contributed by atoms with van der Waals surface area (Å²) in [6, 6.07) is 10.8. The molecule has 0 radical (unpaired) electrons. The molecule has 172 valence electrons. The van der Waals surface area contributed by atoms with Gasteiger partial charge in [-0.25, -0.2) is 0 Å². The number of amides is 1. The van der Waals surface area contributed by atoms with Gasteiger partial charge < -0.3 is 15.1 Å². The van der Waals surface area contributed by atoms with Crippen LogP contribution in [-0.2, 0) is 6.18 Å². The first-order valence-electron chi connectivity index (χ1n) is 10.8. The number of rotatable bonds is 6. The van der Waals surface area contributed by atoms with Gasteiger partial charge in [0.25, 0.3) is 5.91 Å². The molecule has 0 aromatic heterocycles. The van der Waals surface area contributed by atoms with Crippen LogP contribution in [0.25, 0.3) is 5.32 Å². The lowest BCUT2D eigenvalue weighted by Gasteiger charge is -2.25. The minimum Gasteiger partial charge on any atom is -0.684 e. The van der Waals surface area contributed by atoms with Crippen LogP contribution in [0.1, 0.15) is 27.9 Å². The number of likely N-dealkylation sites (tertiary alicyclic amines) is 2. The molecule has 2 fully saturated rings. The van der Waals surface area contributed by atoms with Crippen molar-refractivity contribution in [3.05, 3.63) is 69.5 Å². The molecule has 0 aliphatic carbocycles. The van der Waals surface area contributed by atoms with Gasteiger partial charge in [0.1, 0.15) is 0 Å². The van der Waals surface area contributed by atoms with Gasteiger partial charge in [-0.05, 0) is 43.0 Å². The monoisotopic (exact) mass is 464 g/mol. The summed E-state index contributed by atoms with van der Waals surface area (Å²) in [5.74, 6) is 0.101. The fourth-order valence-corrected chi connectivity index (χ4v) is 4.88. The Labute approximate surface area is 191 Å². The second-order valence-corrected chi connectivity index (χ2v) is 9.11. The average molecular weight is 465 g/mol. The number of nitrogens with zero attached hydrogens (tertiary/aromatic N) is 3. The smallest absolute Gasteiger partial charge is 0.417 e. The molecule has 4 rings (SSSR count). The first-order valence-corrected chi connectivity index (χ1v) is 11.2. The van der Waals surface area contributed by atoms with E-state index in [1.54, 1.807) is 4.90 Å². The summed E-state index contributed by atoms with van der Waals surface area (Å²) in [6.45, 7) is 6.35. The van der Waals surface area contributed by atoms with Crippen LogP contribution in [0, 0.1) is 18.8 Å². The number of halogens is 4. The molecule has 0 N–H and O–H groups in total. The highest BCUT2D eigenvalue weighted by atomic mass is 35.5. The van der Waals surface area contributed by atoms with Crippen LogP contribution in [0.4, 0.5) is 18.9 Å². The van der Waals surface area contributed by atoms with E-state index >= 15 is 0 Å². The zero-order chi connectivity index (χ0) is 22.9. The third kappa shape index (κ3) is 5.04. The number of alkyl halides is 3. The zero-order valence-electron chi connectivity index (χ0n) is 17.9. The molecule has 2 aliphatic rings. The maximum atomic E-state index is 13.3. The zero-order valence-corrected chi connectivity index (χ0v) is 18.7. The lowest BCUT2D eigenvalue weighted by molar-refractivity contribution is -0.138. The van der Waals surface area contributed by atoms with E-state index in [4.69, 9.17) is 11.6 Å². The molecule has 2 heterocycles. The molecular formula is C24H26ClF3N3O-. The molecule has 0 spiro atoms. The van der Waals surface area contributed by atoms with Gasteiger partial charge in [-0.1, -0.05) is 48.4 Å². The molecule has 8 heteroatoms. The van der Waals surface area contributed by atoms with E-state index in [1.165, 1.54) is 18.2 Å². The Morgan fingerprint density at radius 2 is 1.78 bits per heavy atom. The third-order valence-electron chi connectivity index (χ3n) is 6.39. The highest BCUT2D eigenvalue weighted by molar-refractivity contribution is 6.31. The SMILES string of the molecule is Cc1ccc([N-]CCCN2CC3CN(C(=O)c4ccccc4C(F)(F)F)CC3C2)cc1Cl. The summed E-state index contributed by atoms with van der Waals surface area (Å²) in [6.07, 6.45) is -3.61. The average Bonchev–Trinajstić information content (AvgIpc) is 3.31. The fourth-order valence-electron chi connectivity index (χ4n) is 4.71. The molecule has 2 aromatic carbocycles. The van der Waals surface area contributed by atoms with E-state index in [-0.39, 0.29) is 5.56 Å². The van der Waals surface area contributed by atoms with Crippen LogP contribution < -0.4 is 0 Å². The molecular weight excluding hydrogens is 439 g/mol. The van der Waals surface area contributed by atoms with Crippen LogP contribution >= 0.6 is 11.6 Å². The standard InChI is InChI=1S/C24H26ClF3N3O/c1-16-7-8-19(11-22(16)25)29-9-4-10-30-12-17-14-31(15-18(17)13-30)23(32)20-5-2-3-6-21(20)24(26,27)28/h2-3,5-8,11,17-18H,4,9-10,12-15H2,1H3/q-1. The molecule has 0 saturated carbocycles. The van der Waals surface area contributed by atoms with Crippen molar-refractivity contribution in [3.63, 3.8) is 0 Å². The Kier molecular flexibility index (Phi) is 6.67. The molecule has 2 unspecified atom stereocenters. The van der Waals surface area contributed by atoms with Crippen molar-refractivity contribution in [2.45, 2.75) is 19.5 Å². The van der Waals surface area contributed by atoms with Crippen molar-refractivity contribution >= 4 is 23.2 Å². The summed E-state index contributed by atoms with van der Waals surface area (Å²) >= 11 is 6.14. The first-order chi connectivity index (χ1) is 15.2. The van der Waals surface area contributed by atoms with Crippen molar-refractivity contribution in [1.82, 2.24) is 9.80 Å². The molecule has 2 aliphatic heterocycles. The topological polar surface area (TPSA) is 37.7 Å². The molecule has 2 aromatic rings. The van der Waals surface area contributed by atoms with Crippen molar-refractivity contribution in [2.75, 3.05) is 39.3 Å². The number of benzene rings is 2. The van der Waals surface area contributed by atoms with Gasteiger partial charge in [0.05, 0.1) is 11.1 Å². The van der Waals surface area contributed by atoms with Crippen molar-refractivity contribution in [3.8, 4) is 0 Å². The quantitative estimate of drug-likeness (QED) is 0.509. The van der Waals surface area contributed by atoms with Gasteiger partial charge in [-0.15, -0.1) is 12.2 Å². The summed E-state index contributed by atoms with van der Waals surface area (Å²) in [4.78, 5) is 16.8. The van der Waals surface area contributed by atoms with Gasteiger partial charge in [-0.2, -0.15) is 13.2 Å². The second kappa shape index (κ2) is 9.32. The predicted octanol–water partition coefficient (Wildman–Crippen LogP) is 5.77. The maximum Gasteiger partial charge on any atom is 0.417 e. The number of carbonyl (C=O) groups excluding carboxylic acids is 1. The fraction of sp³-hybridized carbons (Fsp3) is 0.458. The summed E-state index contributed by atoms with van der Waals surface area (Å²) in [5.41, 5.74) is 0.799. The summed E-state index contributed by atoms with van der Waals surface area (Å²) in [5, 5.41) is 5.30. The molecule has 2 atom stereocenters. The van der Waals surface area contributed by atoms with Crippen molar-refractivity contribution in [2.24, 2.45) is 11.8 Å². The van der Waals surface area contributed by atoms with Gasteiger partial charge in [0.2, 0.25) is 0 Å². The molecule has 0 bridgehead atoms. The normalized spacial score (nSPS) is 21.1.